The maximum absolute atomic E-state index is 12.4. The molecule has 0 unspecified atom stereocenters. The standard InChI is InChI=1S/C22H37NO3S/c1-18(23-27(24,25)16-9-5-8-15-22(2,3)4)19-11-10-14-21(17-19)26-20-12-6-7-13-20/h10-11,14,17-18,20,23H,5-9,12-13,15-16H2,1-4H3/t18-/m1/s1. The fourth-order valence-electron chi connectivity index (χ4n) is 3.58. The van der Waals surface area contributed by atoms with Crippen LogP contribution in [0.2, 0.25) is 0 Å². The number of hydrogen-bond donors (Lipinski definition) is 1. The van der Waals surface area contributed by atoms with Crippen LogP contribution in [0.1, 0.15) is 90.7 Å². The number of ether oxygens (including phenoxy) is 1. The lowest BCUT2D eigenvalue weighted by Gasteiger charge is -2.18. The van der Waals surface area contributed by atoms with Crippen LogP contribution < -0.4 is 9.46 Å². The highest BCUT2D eigenvalue weighted by atomic mass is 32.2. The molecule has 0 aliphatic heterocycles. The van der Waals surface area contributed by atoms with E-state index in [9.17, 15) is 8.42 Å². The fourth-order valence-corrected chi connectivity index (χ4v) is 4.95. The Bertz CT molecular complexity index is 673. The van der Waals surface area contributed by atoms with Crippen LogP contribution in [0.3, 0.4) is 0 Å². The zero-order valence-corrected chi connectivity index (χ0v) is 18.3. The molecule has 0 saturated heterocycles. The van der Waals surface area contributed by atoms with Gasteiger partial charge in [0.25, 0.3) is 0 Å². The zero-order valence-electron chi connectivity index (χ0n) is 17.5. The van der Waals surface area contributed by atoms with Crippen molar-refractivity contribution in [3.63, 3.8) is 0 Å². The highest BCUT2D eigenvalue weighted by Crippen LogP contribution is 2.26. The van der Waals surface area contributed by atoms with Gasteiger partial charge in [-0.3, -0.25) is 0 Å². The third kappa shape index (κ3) is 8.65. The van der Waals surface area contributed by atoms with Crippen molar-refractivity contribution in [2.24, 2.45) is 5.41 Å². The number of rotatable bonds is 10. The molecule has 0 amide bonds. The minimum absolute atomic E-state index is 0.194. The van der Waals surface area contributed by atoms with Crippen LogP contribution in [0, 0.1) is 5.41 Å². The average Bonchev–Trinajstić information content (AvgIpc) is 3.06. The second-order valence-corrected chi connectivity index (χ2v) is 11.0. The monoisotopic (exact) mass is 395 g/mol. The molecule has 1 aliphatic carbocycles. The summed E-state index contributed by atoms with van der Waals surface area (Å²) in [5.74, 6) is 1.03. The van der Waals surface area contributed by atoms with Gasteiger partial charge in [-0.25, -0.2) is 13.1 Å². The van der Waals surface area contributed by atoms with E-state index >= 15 is 0 Å². The van der Waals surface area contributed by atoms with Crippen LogP contribution in [0.5, 0.6) is 5.75 Å². The maximum Gasteiger partial charge on any atom is 0.212 e. The summed E-state index contributed by atoms with van der Waals surface area (Å²) < 4.78 is 33.6. The van der Waals surface area contributed by atoms with Crippen molar-refractivity contribution in [1.29, 1.82) is 0 Å². The first kappa shape index (κ1) is 22.2. The Labute approximate surface area is 166 Å². The van der Waals surface area contributed by atoms with E-state index in [4.69, 9.17) is 4.74 Å². The van der Waals surface area contributed by atoms with E-state index in [-0.39, 0.29) is 11.8 Å². The lowest BCUT2D eigenvalue weighted by atomic mass is 9.90. The number of unbranched alkanes of at least 4 members (excludes halogenated alkanes) is 2. The fraction of sp³-hybridized carbons (Fsp3) is 0.727. The van der Waals surface area contributed by atoms with Gasteiger partial charge in [-0.15, -0.1) is 0 Å². The third-order valence-corrected chi connectivity index (χ3v) is 6.70. The van der Waals surface area contributed by atoms with Gasteiger partial charge in [-0.05, 0) is 68.6 Å². The van der Waals surface area contributed by atoms with E-state index in [0.717, 1.165) is 43.4 Å². The van der Waals surface area contributed by atoms with Crippen LogP contribution in [0.15, 0.2) is 24.3 Å². The van der Waals surface area contributed by atoms with Gasteiger partial charge >= 0.3 is 0 Å². The van der Waals surface area contributed by atoms with Gasteiger partial charge in [-0.1, -0.05) is 45.7 Å². The highest BCUT2D eigenvalue weighted by molar-refractivity contribution is 7.89. The Balaban J connectivity index is 1.81. The Morgan fingerprint density at radius 2 is 1.85 bits per heavy atom. The lowest BCUT2D eigenvalue weighted by Crippen LogP contribution is -2.29. The molecule has 0 heterocycles. The van der Waals surface area contributed by atoms with Crippen LogP contribution in [-0.4, -0.2) is 20.3 Å². The smallest absolute Gasteiger partial charge is 0.212 e. The Kier molecular flexibility index (Phi) is 8.17. The summed E-state index contributed by atoms with van der Waals surface area (Å²) in [6.07, 6.45) is 8.87. The minimum atomic E-state index is -3.27. The summed E-state index contributed by atoms with van der Waals surface area (Å²) in [5.41, 5.74) is 1.26. The van der Waals surface area contributed by atoms with Crippen LogP contribution in [0.25, 0.3) is 0 Å². The summed E-state index contributed by atoms with van der Waals surface area (Å²) in [5, 5.41) is 0. The molecule has 0 spiro atoms. The van der Waals surface area contributed by atoms with Crippen molar-refractivity contribution in [1.82, 2.24) is 4.72 Å². The Morgan fingerprint density at radius 1 is 1.15 bits per heavy atom. The van der Waals surface area contributed by atoms with Crippen molar-refractivity contribution in [2.45, 2.75) is 91.2 Å². The Morgan fingerprint density at radius 3 is 2.52 bits per heavy atom. The SMILES string of the molecule is C[C@@H](NS(=O)(=O)CCCCCC(C)(C)C)c1cccc(OC2CCCC2)c1. The summed E-state index contributed by atoms with van der Waals surface area (Å²) in [6.45, 7) is 8.55. The number of hydrogen-bond acceptors (Lipinski definition) is 3. The van der Waals surface area contributed by atoms with E-state index in [2.05, 4.69) is 25.5 Å². The summed E-state index contributed by atoms with van der Waals surface area (Å²) in [7, 11) is -3.27. The third-order valence-electron chi connectivity index (χ3n) is 5.16. The van der Waals surface area contributed by atoms with E-state index < -0.39 is 10.0 Å². The molecule has 1 atom stereocenters. The first-order valence-electron chi connectivity index (χ1n) is 10.4. The van der Waals surface area contributed by atoms with Gasteiger partial charge in [0.05, 0.1) is 11.9 Å². The van der Waals surface area contributed by atoms with Crippen molar-refractivity contribution in [3.05, 3.63) is 29.8 Å². The maximum atomic E-state index is 12.4. The molecule has 0 bridgehead atoms. The summed E-state index contributed by atoms with van der Waals surface area (Å²) in [4.78, 5) is 0. The molecular weight excluding hydrogens is 358 g/mol. The summed E-state index contributed by atoms with van der Waals surface area (Å²) >= 11 is 0. The minimum Gasteiger partial charge on any atom is -0.490 e. The second kappa shape index (κ2) is 9.92. The van der Waals surface area contributed by atoms with Gasteiger partial charge in [0.1, 0.15) is 5.75 Å². The van der Waals surface area contributed by atoms with Crippen molar-refractivity contribution in [2.75, 3.05) is 5.75 Å². The largest absolute Gasteiger partial charge is 0.490 e. The van der Waals surface area contributed by atoms with Crippen molar-refractivity contribution < 1.29 is 13.2 Å². The van der Waals surface area contributed by atoms with E-state index in [0.29, 0.717) is 17.9 Å². The van der Waals surface area contributed by atoms with Crippen LogP contribution in [0.4, 0.5) is 0 Å². The molecule has 1 aromatic rings. The molecule has 4 nitrogen and oxygen atoms in total. The average molecular weight is 396 g/mol. The molecule has 1 aromatic carbocycles. The molecule has 1 fully saturated rings. The Hall–Kier alpha value is -1.07. The quantitative estimate of drug-likeness (QED) is 0.525. The molecule has 0 aromatic heterocycles. The summed E-state index contributed by atoms with van der Waals surface area (Å²) in [6, 6.07) is 7.57. The first-order valence-corrected chi connectivity index (χ1v) is 12.1. The predicted molar refractivity (Wildman–Crippen MR) is 113 cm³/mol. The van der Waals surface area contributed by atoms with Gasteiger partial charge in [0.2, 0.25) is 10.0 Å². The molecule has 2 rings (SSSR count). The molecule has 27 heavy (non-hydrogen) atoms. The topological polar surface area (TPSA) is 55.4 Å². The molecule has 1 saturated carbocycles. The highest BCUT2D eigenvalue weighted by Gasteiger charge is 2.19. The van der Waals surface area contributed by atoms with Crippen LogP contribution in [-0.2, 0) is 10.0 Å². The molecule has 5 heteroatoms. The molecule has 154 valence electrons. The second-order valence-electron chi connectivity index (χ2n) is 9.13. The molecule has 1 aliphatic rings. The molecule has 1 N–H and O–H groups in total. The van der Waals surface area contributed by atoms with E-state index in [1.165, 1.54) is 12.8 Å². The number of benzene rings is 1. The zero-order chi connectivity index (χ0) is 19.9. The number of sulfonamides is 1. The van der Waals surface area contributed by atoms with Crippen LogP contribution >= 0.6 is 0 Å². The number of nitrogens with one attached hydrogen (secondary N) is 1. The molecular formula is C22H37NO3S. The van der Waals surface area contributed by atoms with Crippen molar-refractivity contribution in [3.8, 4) is 5.75 Å². The van der Waals surface area contributed by atoms with Crippen molar-refractivity contribution >= 4 is 10.0 Å². The van der Waals surface area contributed by atoms with Gasteiger partial charge in [0.15, 0.2) is 0 Å². The normalized spacial score (nSPS) is 17.2. The van der Waals surface area contributed by atoms with Gasteiger partial charge in [-0.2, -0.15) is 0 Å². The predicted octanol–water partition coefficient (Wildman–Crippen LogP) is 5.59. The van der Waals surface area contributed by atoms with E-state index in [1.807, 2.05) is 31.2 Å². The van der Waals surface area contributed by atoms with Gasteiger partial charge < -0.3 is 4.74 Å². The first-order chi connectivity index (χ1) is 12.6. The molecule has 0 radical (unpaired) electrons. The van der Waals surface area contributed by atoms with E-state index in [1.54, 1.807) is 0 Å². The van der Waals surface area contributed by atoms with Gasteiger partial charge in [0, 0.05) is 6.04 Å². The lowest BCUT2D eigenvalue weighted by molar-refractivity contribution is 0.210.